The van der Waals surface area contributed by atoms with E-state index < -0.39 is 0 Å². The Morgan fingerprint density at radius 3 is 2.38 bits per heavy atom. The SMILES string of the molecule is CC(C)(C)c1ccc(OCC(=O)N/N=C\C(Br)=C\c2ccccc2)cc1. The smallest absolute Gasteiger partial charge is 0.277 e. The van der Waals surface area contributed by atoms with Crippen LogP contribution >= 0.6 is 15.9 Å². The van der Waals surface area contributed by atoms with Gasteiger partial charge in [-0.25, -0.2) is 5.43 Å². The largest absolute Gasteiger partial charge is 0.484 e. The molecule has 0 aromatic heterocycles. The van der Waals surface area contributed by atoms with Crippen molar-refractivity contribution >= 4 is 34.1 Å². The van der Waals surface area contributed by atoms with Crippen LogP contribution in [0.1, 0.15) is 31.9 Å². The fraction of sp³-hybridized carbons (Fsp3) is 0.238. The standard InChI is InChI=1S/C21H23BrN2O2/c1-21(2,3)17-9-11-19(12-10-17)26-15-20(25)24-23-14-18(22)13-16-7-5-4-6-8-16/h4-14H,15H2,1-3H3,(H,24,25)/b18-13-,23-14-. The van der Waals surface area contributed by atoms with E-state index in [4.69, 9.17) is 4.74 Å². The maximum absolute atomic E-state index is 11.8. The van der Waals surface area contributed by atoms with E-state index in [1.54, 1.807) is 0 Å². The highest BCUT2D eigenvalue weighted by Gasteiger charge is 2.13. The van der Waals surface area contributed by atoms with Crippen molar-refractivity contribution in [2.45, 2.75) is 26.2 Å². The van der Waals surface area contributed by atoms with Crippen molar-refractivity contribution in [3.63, 3.8) is 0 Å². The van der Waals surface area contributed by atoms with E-state index in [0.29, 0.717) is 5.75 Å². The highest BCUT2D eigenvalue weighted by molar-refractivity contribution is 9.12. The molecular formula is C21H23BrN2O2. The van der Waals surface area contributed by atoms with Crippen molar-refractivity contribution in [3.05, 3.63) is 70.2 Å². The number of rotatable bonds is 6. The molecule has 0 saturated heterocycles. The maximum atomic E-state index is 11.8. The highest BCUT2D eigenvalue weighted by Crippen LogP contribution is 2.24. The summed E-state index contributed by atoms with van der Waals surface area (Å²) in [6.45, 7) is 6.36. The second-order valence-electron chi connectivity index (χ2n) is 6.80. The van der Waals surface area contributed by atoms with Gasteiger partial charge in [-0.15, -0.1) is 0 Å². The Labute approximate surface area is 163 Å². The zero-order valence-electron chi connectivity index (χ0n) is 15.2. The predicted octanol–water partition coefficient (Wildman–Crippen LogP) is 4.90. The Hall–Kier alpha value is -2.40. The van der Waals surface area contributed by atoms with Crippen LogP contribution in [-0.4, -0.2) is 18.7 Å². The number of allylic oxidation sites excluding steroid dienone is 1. The number of benzene rings is 2. The van der Waals surface area contributed by atoms with Crippen LogP contribution in [-0.2, 0) is 10.2 Å². The van der Waals surface area contributed by atoms with E-state index in [-0.39, 0.29) is 17.9 Å². The van der Waals surface area contributed by atoms with Crippen molar-refractivity contribution in [2.24, 2.45) is 5.10 Å². The van der Waals surface area contributed by atoms with Crippen molar-refractivity contribution in [1.29, 1.82) is 0 Å². The van der Waals surface area contributed by atoms with Gasteiger partial charge in [-0.1, -0.05) is 63.2 Å². The quantitative estimate of drug-likeness (QED) is 0.539. The van der Waals surface area contributed by atoms with Crippen LogP contribution in [0.15, 0.2) is 64.2 Å². The Kier molecular flexibility index (Phi) is 7.16. The first-order valence-electron chi connectivity index (χ1n) is 8.32. The van der Waals surface area contributed by atoms with E-state index in [0.717, 1.165) is 10.0 Å². The number of hydrogen-bond donors (Lipinski definition) is 1. The van der Waals surface area contributed by atoms with Gasteiger partial charge in [-0.2, -0.15) is 5.10 Å². The summed E-state index contributed by atoms with van der Waals surface area (Å²) in [5, 5.41) is 3.91. The minimum Gasteiger partial charge on any atom is -0.484 e. The molecule has 0 aliphatic heterocycles. The number of nitrogens with one attached hydrogen (secondary N) is 1. The third kappa shape index (κ3) is 6.84. The zero-order valence-corrected chi connectivity index (χ0v) is 16.8. The number of hydrogen-bond acceptors (Lipinski definition) is 3. The summed E-state index contributed by atoms with van der Waals surface area (Å²) >= 11 is 3.39. The van der Waals surface area contributed by atoms with Crippen LogP contribution in [0.4, 0.5) is 0 Å². The summed E-state index contributed by atoms with van der Waals surface area (Å²) in [4.78, 5) is 11.8. The number of carbonyl (C=O) groups excluding carboxylic acids is 1. The second kappa shape index (κ2) is 9.34. The molecule has 0 radical (unpaired) electrons. The van der Waals surface area contributed by atoms with Crippen molar-refractivity contribution in [2.75, 3.05) is 6.61 Å². The van der Waals surface area contributed by atoms with Crippen LogP contribution in [0.25, 0.3) is 6.08 Å². The molecule has 0 heterocycles. The molecule has 2 aromatic carbocycles. The van der Waals surface area contributed by atoms with Gasteiger partial charge in [0.15, 0.2) is 6.61 Å². The average molecular weight is 415 g/mol. The Bertz CT molecular complexity index is 776. The molecular weight excluding hydrogens is 392 g/mol. The van der Waals surface area contributed by atoms with E-state index in [1.165, 1.54) is 11.8 Å². The van der Waals surface area contributed by atoms with Crippen LogP contribution in [0.5, 0.6) is 5.75 Å². The lowest BCUT2D eigenvalue weighted by Crippen LogP contribution is -2.24. The molecule has 2 aromatic rings. The average Bonchev–Trinajstić information content (AvgIpc) is 2.60. The van der Waals surface area contributed by atoms with E-state index in [2.05, 4.69) is 47.2 Å². The number of carbonyl (C=O) groups is 1. The fourth-order valence-electron chi connectivity index (χ4n) is 2.14. The first kappa shape index (κ1) is 19.9. The van der Waals surface area contributed by atoms with Crippen LogP contribution in [0, 0.1) is 0 Å². The van der Waals surface area contributed by atoms with Gasteiger partial charge in [0.1, 0.15) is 5.75 Å². The maximum Gasteiger partial charge on any atom is 0.277 e. The molecule has 26 heavy (non-hydrogen) atoms. The molecule has 136 valence electrons. The molecule has 5 heteroatoms. The molecule has 2 rings (SSSR count). The fourth-order valence-corrected chi connectivity index (χ4v) is 2.51. The van der Waals surface area contributed by atoms with E-state index in [1.807, 2.05) is 60.7 Å². The first-order valence-corrected chi connectivity index (χ1v) is 9.11. The highest BCUT2D eigenvalue weighted by atomic mass is 79.9. The van der Waals surface area contributed by atoms with Crippen molar-refractivity contribution in [1.82, 2.24) is 5.43 Å². The topological polar surface area (TPSA) is 50.7 Å². The summed E-state index contributed by atoms with van der Waals surface area (Å²) in [5.41, 5.74) is 4.79. The van der Waals surface area contributed by atoms with Crippen molar-refractivity contribution < 1.29 is 9.53 Å². The summed E-state index contributed by atoms with van der Waals surface area (Å²) in [6, 6.07) is 17.6. The molecule has 0 atom stereocenters. The minimum absolute atomic E-state index is 0.0886. The molecule has 0 fully saturated rings. The Morgan fingerprint density at radius 2 is 1.77 bits per heavy atom. The summed E-state index contributed by atoms with van der Waals surface area (Å²) in [6.07, 6.45) is 3.44. The van der Waals surface area contributed by atoms with Crippen LogP contribution in [0.2, 0.25) is 0 Å². The summed E-state index contributed by atoms with van der Waals surface area (Å²) < 4.78 is 6.23. The van der Waals surface area contributed by atoms with Gasteiger partial charge in [0, 0.05) is 4.48 Å². The molecule has 0 unspecified atom stereocenters. The van der Waals surface area contributed by atoms with Gasteiger partial charge < -0.3 is 4.74 Å². The van der Waals surface area contributed by atoms with E-state index in [9.17, 15) is 4.79 Å². The molecule has 0 aliphatic rings. The Morgan fingerprint density at radius 1 is 1.12 bits per heavy atom. The van der Waals surface area contributed by atoms with Gasteiger partial charge in [-0.05, 0) is 50.7 Å². The lowest BCUT2D eigenvalue weighted by atomic mass is 9.87. The molecule has 1 amide bonds. The third-order valence-corrected chi connectivity index (χ3v) is 4.01. The number of halogens is 1. The van der Waals surface area contributed by atoms with Gasteiger partial charge >= 0.3 is 0 Å². The number of hydrazone groups is 1. The number of nitrogens with zero attached hydrogens (tertiary/aromatic N) is 1. The molecule has 4 nitrogen and oxygen atoms in total. The predicted molar refractivity (Wildman–Crippen MR) is 111 cm³/mol. The summed E-state index contributed by atoms with van der Waals surface area (Å²) in [7, 11) is 0. The molecule has 0 aliphatic carbocycles. The second-order valence-corrected chi connectivity index (χ2v) is 7.71. The molecule has 0 spiro atoms. The van der Waals surface area contributed by atoms with Gasteiger partial charge in [0.05, 0.1) is 6.21 Å². The van der Waals surface area contributed by atoms with Crippen molar-refractivity contribution in [3.8, 4) is 5.75 Å². The number of ether oxygens (including phenoxy) is 1. The van der Waals surface area contributed by atoms with E-state index >= 15 is 0 Å². The van der Waals surface area contributed by atoms with Gasteiger partial charge in [0.25, 0.3) is 5.91 Å². The zero-order chi connectivity index (χ0) is 19.0. The minimum atomic E-state index is -0.318. The van der Waals surface area contributed by atoms with Gasteiger partial charge in [0.2, 0.25) is 0 Å². The number of amides is 1. The van der Waals surface area contributed by atoms with Crippen LogP contribution < -0.4 is 10.2 Å². The van der Waals surface area contributed by atoms with Gasteiger partial charge in [-0.3, -0.25) is 4.79 Å². The summed E-state index contributed by atoms with van der Waals surface area (Å²) in [5.74, 6) is 0.337. The first-order chi connectivity index (χ1) is 12.3. The molecule has 0 bridgehead atoms. The Balaban J connectivity index is 1.79. The lowest BCUT2D eigenvalue weighted by Gasteiger charge is -2.19. The monoisotopic (exact) mass is 414 g/mol. The van der Waals surface area contributed by atoms with Crippen LogP contribution in [0.3, 0.4) is 0 Å². The molecule has 0 saturated carbocycles. The lowest BCUT2D eigenvalue weighted by molar-refractivity contribution is -0.123. The normalized spacial score (nSPS) is 12.2. The molecule has 1 N–H and O–H groups in total. The third-order valence-electron chi connectivity index (χ3n) is 3.57.